The van der Waals surface area contributed by atoms with Gasteiger partial charge in [-0.1, -0.05) is 12.1 Å². The Labute approximate surface area is 141 Å². The summed E-state index contributed by atoms with van der Waals surface area (Å²) in [4.78, 5) is 22.1. The minimum Gasteiger partial charge on any atom is -0.322 e. The Balaban J connectivity index is 2.28. The number of para-hydroxylation sites is 1. The highest BCUT2D eigenvalue weighted by atomic mass is 32.2. The summed E-state index contributed by atoms with van der Waals surface area (Å²) in [6.45, 7) is 1.49. The number of nitrogens with zero attached hydrogens (tertiary/aromatic N) is 1. The second kappa shape index (κ2) is 6.93. The normalized spacial score (nSPS) is 11.4. The maximum atomic E-state index is 12.5. The Morgan fingerprint density at radius 2 is 1.76 bits per heavy atom. The van der Waals surface area contributed by atoms with Crippen molar-refractivity contribution >= 4 is 27.1 Å². The molecule has 2 aromatic carbocycles. The summed E-state index contributed by atoms with van der Waals surface area (Å²) in [6.07, 6.45) is 0. The van der Waals surface area contributed by atoms with Crippen molar-refractivity contribution in [2.24, 2.45) is 0 Å². The van der Waals surface area contributed by atoms with Crippen LogP contribution < -0.4 is 5.32 Å². The number of nitrogens with one attached hydrogen (secondary N) is 1. The van der Waals surface area contributed by atoms with E-state index in [2.05, 4.69) is 5.32 Å². The molecule has 0 aliphatic rings. The zero-order chi connectivity index (χ0) is 18.8. The number of nitro benzene ring substituents is 1. The molecule has 0 aromatic heterocycles. The Hall–Kier alpha value is -2.88. The molecule has 0 aliphatic carbocycles. The van der Waals surface area contributed by atoms with Gasteiger partial charge in [0.1, 0.15) is 5.56 Å². The summed E-state index contributed by atoms with van der Waals surface area (Å²) in [6, 6.07) is 8.32. The number of rotatable bonds is 5. The number of amides is 1. The van der Waals surface area contributed by atoms with E-state index >= 15 is 0 Å². The molecule has 0 saturated heterocycles. The summed E-state index contributed by atoms with van der Waals surface area (Å²) in [5, 5.41) is 13.5. The van der Waals surface area contributed by atoms with Gasteiger partial charge in [-0.05, 0) is 37.3 Å². The van der Waals surface area contributed by atoms with Gasteiger partial charge in [-0.15, -0.1) is 0 Å². The van der Waals surface area contributed by atoms with Crippen LogP contribution in [0, 0.1) is 17.0 Å². The molecule has 0 spiro atoms. The predicted octanol–water partition coefficient (Wildman–Crippen LogP) is 3.15. The predicted molar refractivity (Wildman–Crippen MR) is 85.4 cm³/mol. The molecule has 7 nitrogen and oxygen atoms in total. The molecule has 0 heterocycles. The molecule has 0 unspecified atom stereocenters. The van der Waals surface area contributed by atoms with Gasteiger partial charge in [-0.3, -0.25) is 14.9 Å². The van der Waals surface area contributed by atoms with Crippen LogP contribution in [0.5, 0.6) is 0 Å². The minimum absolute atomic E-state index is 0.106. The van der Waals surface area contributed by atoms with E-state index in [1.54, 1.807) is 0 Å². The van der Waals surface area contributed by atoms with Gasteiger partial charge in [-0.2, -0.15) is 8.78 Å². The van der Waals surface area contributed by atoms with E-state index in [1.807, 2.05) is 0 Å². The van der Waals surface area contributed by atoms with Crippen molar-refractivity contribution < 1.29 is 26.9 Å². The molecule has 1 amide bonds. The summed E-state index contributed by atoms with van der Waals surface area (Å²) < 4.78 is 47.6. The number of aryl methyl sites for hydroxylation is 1. The average Bonchev–Trinajstić information content (AvgIpc) is 2.54. The molecule has 132 valence electrons. The topological polar surface area (TPSA) is 106 Å². The minimum atomic E-state index is -4.73. The van der Waals surface area contributed by atoms with Gasteiger partial charge in [0, 0.05) is 11.3 Å². The van der Waals surface area contributed by atoms with E-state index in [0.29, 0.717) is 5.56 Å². The Bertz CT molecular complexity index is 927. The molecule has 10 heteroatoms. The first-order valence-corrected chi connectivity index (χ1v) is 8.36. The van der Waals surface area contributed by atoms with Crippen LogP contribution in [-0.4, -0.2) is 25.0 Å². The number of halogens is 2. The Morgan fingerprint density at radius 3 is 2.28 bits per heavy atom. The highest BCUT2D eigenvalue weighted by Gasteiger charge is 2.26. The van der Waals surface area contributed by atoms with Crippen LogP contribution in [0.4, 0.5) is 20.2 Å². The van der Waals surface area contributed by atoms with E-state index in [-0.39, 0.29) is 16.9 Å². The quantitative estimate of drug-likeness (QED) is 0.643. The summed E-state index contributed by atoms with van der Waals surface area (Å²) in [5.41, 5.74) is -0.115. The maximum absolute atomic E-state index is 12.5. The smallest absolute Gasteiger partial charge is 0.322 e. The zero-order valence-corrected chi connectivity index (χ0v) is 13.6. The summed E-state index contributed by atoms with van der Waals surface area (Å²) >= 11 is 0. The fourth-order valence-electron chi connectivity index (χ4n) is 2.11. The molecule has 25 heavy (non-hydrogen) atoms. The average molecular weight is 370 g/mol. The molecule has 0 bridgehead atoms. The number of alkyl halides is 2. The third kappa shape index (κ3) is 3.79. The van der Waals surface area contributed by atoms with Crippen LogP contribution in [0.3, 0.4) is 0 Å². The lowest BCUT2D eigenvalue weighted by Crippen LogP contribution is -2.15. The van der Waals surface area contributed by atoms with Gasteiger partial charge in [0.15, 0.2) is 0 Å². The Morgan fingerprint density at radius 1 is 1.16 bits per heavy atom. The van der Waals surface area contributed by atoms with E-state index < -0.39 is 31.3 Å². The van der Waals surface area contributed by atoms with Crippen molar-refractivity contribution in [2.75, 3.05) is 5.32 Å². The molecular weight excluding hydrogens is 358 g/mol. The lowest BCUT2D eigenvalue weighted by molar-refractivity contribution is -0.385. The lowest BCUT2D eigenvalue weighted by atomic mass is 10.1. The first-order chi connectivity index (χ1) is 11.6. The number of carbonyl (C=O) groups is 1. The number of hydrogen-bond acceptors (Lipinski definition) is 5. The number of sulfone groups is 1. The van der Waals surface area contributed by atoms with Crippen molar-refractivity contribution in [2.45, 2.75) is 17.6 Å². The van der Waals surface area contributed by atoms with Crippen LogP contribution in [0.2, 0.25) is 0 Å². The van der Waals surface area contributed by atoms with Crippen molar-refractivity contribution in [1.29, 1.82) is 0 Å². The summed E-state index contributed by atoms with van der Waals surface area (Å²) in [7, 11) is -4.73. The first kappa shape index (κ1) is 18.5. The lowest BCUT2D eigenvalue weighted by Gasteiger charge is -2.08. The van der Waals surface area contributed by atoms with E-state index in [0.717, 1.165) is 24.3 Å². The largest absolute Gasteiger partial charge is 0.341 e. The standard InChI is InChI=1S/C15H12F2N2O5S/c1-9-3-2-4-12(13(9)19(21)22)14(20)18-10-5-7-11(8-6-10)25(23,24)15(16)17/h2-8,15H,1H3,(H,18,20). The molecule has 0 atom stereocenters. The number of anilines is 1. The number of benzene rings is 2. The molecule has 0 aliphatic heterocycles. The fourth-order valence-corrected chi connectivity index (χ4v) is 2.83. The maximum Gasteiger partial charge on any atom is 0.341 e. The van der Waals surface area contributed by atoms with Crippen LogP contribution in [0.1, 0.15) is 15.9 Å². The van der Waals surface area contributed by atoms with Gasteiger partial charge in [0.25, 0.3) is 11.6 Å². The molecule has 1 N–H and O–H groups in total. The van der Waals surface area contributed by atoms with Crippen molar-refractivity contribution in [3.63, 3.8) is 0 Å². The van der Waals surface area contributed by atoms with E-state index in [1.165, 1.54) is 25.1 Å². The van der Waals surface area contributed by atoms with E-state index in [9.17, 15) is 32.1 Å². The van der Waals surface area contributed by atoms with Crippen LogP contribution >= 0.6 is 0 Å². The van der Waals surface area contributed by atoms with Gasteiger partial charge >= 0.3 is 5.76 Å². The fraction of sp³-hybridized carbons (Fsp3) is 0.133. The third-order valence-electron chi connectivity index (χ3n) is 3.34. The highest BCUT2D eigenvalue weighted by molar-refractivity contribution is 7.91. The first-order valence-electron chi connectivity index (χ1n) is 6.82. The van der Waals surface area contributed by atoms with Crippen LogP contribution in [0.25, 0.3) is 0 Å². The molecule has 2 aromatic rings. The molecule has 0 saturated carbocycles. The van der Waals surface area contributed by atoms with Crippen molar-refractivity contribution in [3.05, 3.63) is 63.7 Å². The molecule has 0 fully saturated rings. The van der Waals surface area contributed by atoms with Gasteiger partial charge in [0.2, 0.25) is 9.84 Å². The number of hydrogen-bond donors (Lipinski definition) is 1. The van der Waals surface area contributed by atoms with Crippen LogP contribution in [-0.2, 0) is 9.84 Å². The second-order valence-electron chi connectivity index (χ2n) is 5.01. The highest BCUT2D eigenvalue weighted by Crippen LogP contribution is 2.25. The second-order valence-corrected chi connectivity index (χ2v) is 6.93. The molecular formula is C15H12F2N2O5S. The van der Waals surface area contributed by atoms with Gasteiger partial charge in [0.05, 0.1) is 9.82 Å². The van der Waals surface area contributed by atoms with Crippen molar-refractivity contribution in [1.82, 2.24) is 0 Å². The molecule has 2 rings (SSSR count). The number of nitro groups is 1. The summed E-state index contributed by atoms with van der Waals surface area (Å²) in [5.74, 6) is -4.33. The van der Waals surface area contributed by atoms with Gasteiger partial charge in [-0.25, -0.2) is 8.42 Å². The third-order valence-corrected chi connectivity index (χ3v) is 4.74. The van der Waals surface area contributed by atoms with Crippen LogP contribution in [0.15, 0.2) is 47.4 Å². The van der Waals surface area contributed by atoms with E-state index in [4.69, 9.17) is 0 Å². The van der Waals surface area contributed by atoms with Gasteiger partial charge < -0.3 is 5.32 Å². The SMILES string of the molecule is Cc1cccc(C(=O)Nc2ccc(S(=O)(=O)C(F)F)cc2)c1[N+](=O)[O-]. The monoisotopic (exact) mass is 370 g/mol. The Kier molecular flexibility index (Phi) is 5.12. The number of carbonyl (C=O) groups excluding carboxylic acids is 1. The molecule has 0 radical (unpaired) electrons. The van der Waals surface area contributed by atoms with Crippen molar-refractivity contribution in [3.8, 4) is 0 Å². The zero-order valence-electron chi connectivity index (χ0n) is 12.8.